The van der Waals surface area contributed by atoms with E-state index in [4.69, 9.17) is 4.74 Å². The molecule has 4 rings (SSSR count). The van der Waals surface area contributed by atoms with Crippen LogP contribution < -0.4 is 15.9 Å². The Morgan fingerprint density at radius 2 is 1.03 bits per heavy atom. The third-order valence-electron chi connectivity index (χ3n) is 5.28. The van der Waals surface area contributed by atoms with Gasteiger partial charge in [0.1, 0.15) is 0 Å². The van der Waals surface area contributed by atoms with Crippen LogP contribution in [-0.4, -0.2) is 11.6 Å². The van der Waals surface area contributed by atoms with E-state index >= 15 is 0 Å². The lowest BCUT2D eigenvalue weighted by atomic mass is 10.1. The summed E-state index contributed by atoms with van der Waals surface area (Å²) in [6.07, 6.45) is 2.60. The van der Waals surface area contributed by atoms with Gasteiger partial charge in [-0.3, -0.25) is 14.3 Å². The quantitative estimate of drug-likeness (QED) is 0.203. The highest BCUT2D eigenvalue weighted by atomic mass is 31.2. The summed E-state index contributed by atoms with van der Waals surface area (Å²) in [6, 6.07) is 38.5. The van der Waals surface area contributed by atoms with Gasteiger partial charge < -0.3 is 0 Å². The Hall–Kier alpha value is -3.81. The second kappa shape index (κ2) is 10.2. The van der Waals surface area contributed by atoms with E-state index in [1.807, 2.05) is 30.3 Å². The predicted molar refractivity (Wildman–Crippen MR) is 138 cm³/mol. The van der Waals surface area contributed by atoms with Gasteiger partial charge in [0.25, 0.3) is 0 Å². The Labute approximate surface area is 194 Å². The zero-order valence-electron chi connectivity index (χ0n) is 18.3. The first-order valence-electron chi connectivity index (χ1n) is 10.7. The number of carbonyl (C=O) groups is 2. The highest BCUT2D eigenvalue weighted by Gasteiger charge is 2.27. The van der Waals surface area contributed by atoms with Crippen LogP contribution >= 0.6 is 7.05 Å². The fraction of sp³-hybridized carbons (Fsp3) is 0.0345. The van der Waals surface area contributed by atoms with Crippen molar-refractivity contribution in [3.05, 3.63) is 133 Å². The first-order valence-corrected chi connectivity index (χ1v) is 12.5. The lowest BCUT2D eigenvalue weighted by Crippen LogP contribution is -2.25. The van der Waals surface area contributed by atoms with E-state index in [1.165, 1.54) is 19.1 Å². The molecule has 3 nitrogen and oxygen atoms in total. The molecular formula is C29H24NO2P. The zero-order chi connectivity index (χ0) is 23.1. The summed E-state index contributed by atoms with van der Waals surface area (Å²) >= 11 is 0. The van der Waals surface area contributed by atoms with E-state index in [9.17, 15) is 9.59 Å². The molecule has 0 saturated heterocycles. The number of nitrogens with zero attached hydrogens (tertiary/aromatic N) is 1. The SMILES string of the molecule is CC(=O)C=CC(=O)c1ccc(N=P(c2ccccc2)(c2ccccc2)c2ccccc2)cc1. The zero-order valence-corrected chi connectivity index (χ0v) is 19.2. The van der Waals surface area contributed by atoms with Gasteiger partial charge in [0, 0.05) is 21.5 Å². The Morgan fingerprint density at radius 1 is 0.606 bits per heavy atom. The van der Waals surface area contributed by atoms with Gasteiger partial charge in [0.05, 0.1) is 12.7 Å². The van der Waals surface area contributed by atoms with Crippen LogP contribution in [-0.2, 0) is 4.79 Å². The van der Waals surface area contributed by atoms with Crippen LogP contribution in [0.15, 0.2) is 132 Å². The van der Waals surface area contributed by atoms with Crippen LogP contribution in [0, 0.1) is 0 Å². The number of ketones is 2. The minimum Gasteiger partial charge on any atom is -0.295 e. The molecule has 0 N–H and O–H groups in total. The van der Waals surface area contributed by atoms with Crippen LogP contribution in [0.1, 0.15) is 17.3 Å². The Bertz CT molecular complexity index is 1220. The van der Waals surface area contributed by atoms with Crippen molar-refractivity contribution in [1.29, 1.82) is 0 Å². The highest BCUT2D eigenvalue weighted by Crippen LogP contribution is 2.49. The van der Waals surface area contributed by atoms with Gasteiger partial charge in [0.15, 0.2) is 11.6 Å². The molecule has 0 spiro atoms. The summed E-state index contributed by atoms with van der Waals surface area (Å²) < 4.78 is 5.40. The lowest BCUT2D eigenvalue weighted by Gasteiger charge is -2.27. The lowest BCUT2D eigenvalue weighted by molar-refractivity contribution is -0.112. The molecule has 0 fully saturated rings. The van der Waals surface area contributed by atoms with E-state index < -0.39 is 7.05 Å². The molecule has 4 heteroatoms. The largest absolute Gasteiger partial charge is 0.295 e. The Kier molecular flexibility index (Phi) is 6.92. The normalized spacial score (nSPS) is 11.3. The van der Waals surface area contributed by atoms with Gasteiger partial charge in [-0.1, -0.05) is 91.0 Å². The standard InChI is InChI=1S/C29H24NO2P/c1-23(31)17-22-29(32)24-18-20-25(21-19-24)30-33(26-11-5-2-6-12-26,27-13-7-3-8-14-27)28-15-9-4-10-16-28/h2-22H,1H3. The van der Waals surface area contributed by atoms with Crippen molar-refractivity contribution in [2.45, 2.75) is 6.92 Å². The van der Waals surface area contributed by atoms with Gasteiger partial charge in [-0.2, -0.15) is 0 Å². The van der Waals surface area contributed by atoms with Crippen molar-refractivity contribution in [3.8, 4) is 0 Å². The van der Waals surface area contributed by atoms with Crippen LogP contribution in [0.3, 0.4) is 0 Å². The third kappa shape index (κ3) is 5.00. The molecule has 0 atom stereocenters. The molecule has 0 aliphatic carbocycles. The molecule has 4 aromatic rings. The van der Waals surface area contributed by atoms with Gasteiger partial charge >= 0.3 is 0 Å². The monoisotopic (exact) mass is 449 g/mol. The summed E-state index contributed by atoms with van der Waals surface area (Å²) in [5, 5.41) is 3.48. The summed E-state index contributed by atoms with van der Waals surface area (Å²) in [4.78, 5) is 23.5. The number of hydrogen-bond donors (Lipinski definition) is 0. The summed E-state index contributed by atoms with van der Waals surface area (Å²) in [5.41, 5.74) is 1.32. The van der Waals surface area contributed by atoms with Crippen molar-refractivity contribution >= 4 is 40.2 Å². The molecule has 0 unspecified atom stereocenters. The van der Waals surface area contributed by atoms with E-state index in [0.717, 1.165) is 21.6 Å². The Morgan fingerprint density at radius 3 is 1.42 bits per heavy atom. The summed E-state index contributed by atoms with van der Waals surface area (Å²) in [7, 11) is -2.36. The number of hydrogen-bond acceptors (Lipinski definition) is 3. The number of rotatable bonds is 7. The first-order chi connectivity index (χ1) is 16.1. The molecule has 0 aliphatic rings. The van der Waals surface area contributed by atoms with E-state index in [1.54, 1.807) is 12.1 Å². The average Bonchev–Trinajstić information content (AvgIpc) is 2.88. The average molecular weight is 449 g/mol. The van der Waals surface area contributed by atoms with Crippen molar-refractivity contribution in [2.75, 3.05) is 0 Å². The van der Waals surface area contributed by atoms with Crippen molar-refractivity contribution in [2.24, 2.45) is 4.74 Å². The molecule has 0 heterocycles. The molecule has 0 bridgehead atoms. The first kappa shape index (κ1) is 22.4. The molecule has 162 valence electrons. The molecule has 0 saturated carbocycles. The van der Waals surface area contributed by atoms with Crippen LogP contribution in [0.25, 0.3) is 0 Å². The Balaban J connectivity index is 1.92. The fourth-order valence-corrected chi connectivity index (χ4v) is 7.24. The maximum atomic E-state index is 12.3. The molecule has 4 aromatic carbocycles. The summed E-state index contributed by atoms with van der Waals surface area (Å²) in [5.74, 6) is -0.356. The number of allylic oxidation sites excluding steroid dienone is 2. The van der Waals surface area contributed by atoms with Crippen molar-refractivity contribution in [3.63, 3.8) is 0 Å². The van der Waals surface area contributed by atoms with Gasteiger partial charge in [-0.15, -0.1) is 0 Å². The maximum Gasteiger partial charge on any atom is 0.185 e. The number of carbonyl (C=O) groups excluding carboxylic acids is 2. The molecule has 0 radical (unpaired) electrons. The van der Waals surface area contributed by atoms with Crippen LogP contribution in [0.5, 0.6) is 0 Å². The van der Waals surface area contributed by atoms with Crippen molar-refractivity contribution in [1.82, 2.24) is 0 Å². The van der Waals surface area contributed by atoms with Gasteiger partial charge in [0.2, 0.25) is 0 Å². The molecule has 0 aromatic heterocycles. The fourth-order valence-electron chi connectivity index (χ4n) is 3.71. The van der Waals surface area contributed by atoms with Gasteiger partial charge in [-0.05, 0) is 43.3 Å². The van der Waals surface area contributed by atoms with E-state index in [0.29, 0.717) is 5.56 Å². The third-order valence-corrected chi connectivity index (χ3v) is 8.94. The topological polar surface area (TPSA) is 46.5 Å². The molecular weight excluding hydrogens is 425 g/mol. The minimum absolute atomic E-state index is 0.155. The summed E-state index contributed by atoms with van der Waals surface area (Å²) in [6.45, 7) is 1.42. The van der Waals surface area contributed by atoms with E-state index in [2.05, 4.69) is 72.8 Å². The van der Waals surface area contributed by atoms with Crippen LogP contribution in [0.2, 0.25) is 0 Å². The van der Waals surface area contributed by atoms with Crippen LogP contribution in [0.4, 0.5) is 5.69 Å². The second-order valence-electron chi connectivity index (χ2n) is 7.60. The second-order valence-corrected chi connectivity index (χ2v) is 10.6. The molecule has 0 amide bonds. The van der Waals surface area contributed by atoms with E-state index in [-0.39, 0.29) is 11.6 Å². The number of benzene rings is 4. The minimum atomic E-state index is -2.36. The maximum absolute atomic E-state index is 12.3. The predicted octanol–water partition coefficient (Wildman–Crippen LogP) is 5.82. The highest BCUT2D eigenvalue weighted by molar-refractivity contribution is 7.87. The smallest absolute Gasteiger partial charge is 0.185 e. The van der Waals surface area contributed by atoms with Gasteiger partial charge in [-0.25, -0.2) is 0 Å². The molecule has 0 aliphatic heterocycles. The van der Waals surface area contributed by atoms with Crippen molar-refractivity contribution < 1.29 is 9.59 Å². The molecule has 33 heavy (non-hydrogen) atoms.